The van der Waals surface area contributed by atoms with Crippen molar-refractivity contribution >= 4 is 17.0 Å². The van der Waals surface area contributed by atoms with E-state index in [1.165, 1.54) is 31.4 Å². The van der Waals surface area contributed by atoms with Crippen molar-refractivity contribution in [2.45, 2.75) is 57.8 Å². The summed E-state index contributed by atoms with van der Waals surface area (Å²) in [5.74, 6) is 1.16. The molecule has 0 radical (unpaired) electrons. The highest BCUT2D eigenvalue weighted by atomic mass is 19.4. The van der Waals surface area contributed by atoms with Gasteiger partial charge >= 0.3 is 6.18 Å². The van der Waals surface area contributed by atoms with Gasteiger partial charge in [0.25, 0.3) is 0 Å². The van der Waals surface area contributed by atoms with Crippen LogP contribution in [0.3, 0.4) is 0 Å². The van der Waals surface area contributed by atoms with Gasteiger partial charge in [-0.25, -0.2) is 4.98 Å². The molecule has 0 saturated heterocycles. The second kappa shape index (κ2) is 8.53. The molecule has 1 aliphatic carbocycles. The fraction of sp³-hybridized carbons (Fsp3) is 0.455. The molecule has 3 aromatic rings. The van der Waals surface area contributed by atoms with E-state index in [9.17, 15) is 18.4 Å². The van der Waals surface area contributed by atoms with Crippen molar-refractivity contribution in [3.05, 3.63) is 47.5 Å². The van der Waals surface area contributed by atoms with Gasteiger partial charge in [-0.3, -0.25) is 0 Å². The van der Waals surface area contributed by atoms with Crippen molar-refractivity contribution in [3.63, 3.8) is 0 Å². The van der Waals surface area contributed by atoms with E-state index in [4.69, 9.17) is 0 Å². The van der Waals surface area contributed by atoms with Gasteiger partial charge < -0.3 is 9.88 Å². The zero-order valence-electron chi connectivity index (χ0n) is 17.2. The highest BCUT2D eigenvalue weighted by Crippen LogP contribution is 2.34. The molecule has 162 valence electrons. The molecule has 31 heavy (non-hydrogen) atoms. The van der Waals surface area contributed by atoms with Crippen LogP contribution in [0.2, 0.25) is 0 Å². The lowest BCUT2D eigenvalue weighted by molar-refractivity contribution is -0.137. The lowest BCUT2D eigenvalue weighted by Gasteiger charge is -2.34. The number of anilines is 1. The number of nitrogens with zero attached hydrogens (tertiary/aromatic N) is 5. The SMILES string of the molecule is CCCC(Nc1nc(C#N)nc2ncn(Cc3ccc(C(F)(F)F)cc3)c12)C1CCC1. The first-order chi connectivity index (χ1) is 14.9. The molecule has 1 aromatic carbocycles. The number of alkyl halides is 3. The van der Waals surface area contributed by atoms with Crippen molar-refractivity contribution in [2.75, 3.05) is 5.32 Å². The smallest absolute Gasteiger partial charge is 0.365 e. The van der Waals surface area contributed by atoms with Gasteiger partial charge in [-0.1, -0.05) is 31.9 Å². The molecule has 6 nitrogen and oxygen atoms in total. The molecule has 1 saturated carbocycles. The van der Waals surface area contributed by atoms with Crippen molar-refractivity contribution in [2.24, 2.45) is 5.92 Å². The van der Waals surface area contributed by atoms with Crippen molar-refractivity contribution in [1.82, 2.24) is 19.5 Å². The average molecular weight is 428 g/mol. The number of fused-ring (bicyclic) bond motifs is 1. The molecule has 4 rings (SSSR count). The summed E-state index contributed by atoms with van der Waals surface area (Å²) in [6, 6.07) is 7.30. The van der Waals surface area contributed by atoms with Crippen molar-refractivity contribution < 1.29 is 13.2 Å². The second-order valence-electron chi connectivity index (χ2n) is 7.98. The fourth-order valence-corrected chi connectivity index (χ4v) is 4.00. The lowest BCUT2D eigenvalue weighted by atomic mass is 9.78. The monoisotopic (exact) mass is 428 g/mol. The summed E-state index contributed by atoms with van der Waals surface area (Å²) in [6.45, 7) is 2.46. The van der Waals surface area contributed by atoms with E-state index in [1.807, 2.05) is 10.6 Å². The third-order valence-electron chi connectivity index (χ3n) is 5.85. The summed E-state index contributed by atoms with van der Waals surface area (Å²) in [6.07, 6.45) is 2.80. The van der Waals surface area contributed by atoms with E-state index in [0.29, 0.717) is 35.0 Å². The van der Waals surface area contributed by atoms with Gasteiger partial charge in [-0.05, 0) is 42.9 Å². The maximum Gasteiger partial charge on any atom is 0.416 e. The summed E-state index contributed by atoms with van der Waals surface area (Å²) in [4.78, 5) is 12.9. The van der Waals surface area contributed by atoms with E-state index in [0.717, 1.165) is 25.0 Å². The Labute approximate surface area is 178 Å². The first-order valence-electron chi connectivity index (χ1n) is 10.4. The van der Waals surface area contributed by atoms with Gasteiger partial charge in [0.1, 0.15) is 11.6 Å². The Bertz CT molecular complexity index is 1090. The third-order valence-corrected chi connectivity index (χ3v) is 5.85. The molecule has 2 heterocycles. The third kappa shape index (κ3) is 4.48. The fourth-order valence-electron chi connectivity index (χ4n) is 4.00. The number of benzene rings is 1. The minimum absolute atomic E-state index is 0.0404. The average Bonchev–Trinajstić information content (AvgIpc) is 3.09. The Kier molecular flexibility index (Phi) is 5.81. The van der Waals surface area contributed by atoms with Crippen LogP contribution in [0.15, 0.2) is 30.6 Å². The Morgan fingerprint density at radius 2 is 1.97 bits per heavy atom. The highest BCUT2D eigenvalue weighted by molar-refractivity contribution is 5.84. The van der Waals surface area contributed by atoms with Crippen LogP contribution in [0.1, 0.15) is 56.0 Å². The molecule has 1 unspecified atom stereocenters. The van der Waals surface area contributed by atoms with Crippen molar-refractivity contribution in [3.8, 4) is 6.07 Å². The highest BCUT2D eigenvalue weighted by Gasteiger charge is 2.30. The molecule has 1 aliphatic rings. The number of nitrogens with one attached hydrogen (secondary N) is 1. The van der Waals surface area contributed by atoms with E-state index < -0.39 is 11.7 Å². The predicted molar refractivity (Wildman–Crippen MR) is 110 cm³/mol. The summed E-state index contributed by atoms with van der Waals surface area (Å²) >= 11 is 0. The van der Waals surface area contributed by atoms with Crippen LogP contribution >= 0.6 is 0 Å². The largest absolute Gasteiger partial charge is 0.416 e. The van der Waals surface area contributed by atoms with Crippen LogP contribution in [0.4, 0.5) is 19.0 Å². The molecule has 1 fully saturated rings. The molecule has 0 bridgehead atoms. The minimum Gasteiger partial charge on any atom is -0.365 e. The van der Waals surface area contributed by atoms with E-state index in [1.54, 1.807) is 6.33 Å². The number of imidazole rings is 1. The zero-order chi connectivity index (χ0) is 22.0. The van der Waals surface area contributed by atoms with E-state index >= 15 is 0 Å². The van der Waals surface area contributed by atoms with Gasteiger partial charge in [0.05, 0.1) is 11.9 Å². The molecule has 9 heteroatoms. The van der Waals surface area contributed by atoms with Crippen LogP contribution < -0.4 is 5.32 Å². The summed E-state index contributed by atoms with van der Waals surface area (Å²) in [7, 11) is 0. The van der Waals surface area contributed by atoms with Gasteiger partial charge in [0.15, 0.2) is 11.5 Å². The number of aromatic nitrogens is 4. The van der Waals surface area contributed by atoms with Gasteiger partial charge in [-0.15, -0.1) is 0 Å². The van der Waals surface area contributed by atoms with Gasteiger partial charge in [0, 0.05) is 12.6 Å². The maximum atomic E-state index is 12.8. The van der Waals surface area contributed by atoms with Gasteiger partial charge in [-0.2, -0.15) is 28.4 Å². The predicted octanol–water partition coefficient (Wildman–Crippen LogP) is 5.15. The van der Waals surface area contributed by atoms with Crippen LogP contribution in [-0.4, -0.2) is 25.6 Å². The van der Waals surface area contributed by atoms with E-state index in [-0.39, 0.29) is 11.9 Å². The van der Waals surface area contributed by atoms with Crippen LogP contribution in [0, 0.1) is 17.2 Å². The normalized spacial score (nSPS) is 15.5. The standard InChI is InChI=1S/C22H23F3N6/c1-2-4-17(15-5-3-6-15)28-21-19-20(29-18(11-26)30-21)27-13-31(19)12-14-7-9-16(10-8-14)22(23,24)25/h7-10,13,15,17H,2-6,12H2,1H3,(H,28,29,30). The summed E-state index contributed by atoms with van der Waals surface area (Å²) in [5, 5.41) is 12.9. The first-order valence-corrected chi connectivity index (χ1v) is 10.4. The zero-order valence-corrected chi connectivity index (χ0v) is 17.2. The molecular formula is C22H23F3N6. The van der Waals surface area contributed by atoms with E-state index in [2.05, 4.69) is 27.2 Å². The van der Waals surface area contributed by atoms with Gasteiger partial charge in [0.2, 0.25) is 5.82 Å². The topological polar surface area (TPSA) is 79.4 Å². The number of rotatable bonds is 7. The van der Waals surface area contributed by atoms with Crippen LogP contribution in [0.25, 0.3) is 11.2 Å². The molecule has 0 aliphatic heterocycles. The quantitative estimate of drug-likeness (QED) is 0.563. The molecule has 1 atom stereocenters. The number of hydrogen-bond donors (Lipinski definition) is 1. The summed E-state index contributed by atoms with van der Waals surface area (Å²) < 4.78 is 40.4. The Hall–Kier alpha value is -3.15. The second-order valence-corrected chi connectivity index (χ2v) is 7.98. The molecule has 1 N–H and O–H groups in total. The first kappa shape index (κ1) is 21.1. The molecule has 2 aromatic heterocycles. The minimum atomic E-state index is -4.37. The Morgan fingerprint density at radius 3 is 2.55 bits per heavy atom. The molecule has 0 spiro atoms. The summed E-state index contributed by atoms with van der Waals surface area (Å²) in [5.41, 5.74) is 1.06. The lowest BCUT2D eigenvalue weighted by Crippen LogP contribution is -2.34. The Morgan fingerprint density at radius 1 is 1.23 bits per heavy atom. The number of halogens is 3. The number of nitriles is 1. The maximum absolute atomic E-state index is 12.8. The molecule has 0 amide bonds. The molecular weight excluding hydrogens is 405 g/mol. The van der Waals surface area contributed by atoms with Crippen molar-refractivity contribution in [1.29, 1.82) is 5.26 Å². The number of hydrogen-bond acceptors (Lipinski definition) is 5. The van der Waals surface area contributed by atoms with Crippen LogP contribution in [-0.2, 0) is 12.7 Å². The van der Waals surface area contributed by atoms with Crippen LogP contribution in [0.5, 0.6) is 0 Å². The Balaban J connectivity index is 1.67.